The quantitative estimate of drug-likeness (QED) is 0.715. The molecule has 6 nitrogen and oxygen atoms in total. The van der Waals surface area contributed by atoms with Crippen molar-refractivity contribution in [1.82, 2.24) is 9.97 Å². The number of nitrogens with one attached hydrogen (secondary N) is 1. The van der Waals surface area contributed by atoms with Crippen molar-refractivity contribution in [2.75, 3.05) is 30.4 Å². The number of aromatic nitrogens is 2. The van der Waals surface area contributed by atoms with E-state index in [-0.39, 0.29) is 11.1 Å². The maximum absolute atomic E-state index is 12.6. The Bertz CT molecular complexity index is 934. The second-order valence-electron chi connectivity index (χ2n) is 5.59. The maximum Gasteiger partial charge on any atom is 0.270 e. The number of benzene rings is 1. The van der Waals surface area contributed by atoms with Crippen molar-refractivity contribution in [3.8, 4) is 5.75 Å². The molecule has 0 radical (unpaired) electrons. The van der Waals surface area contributed by atoms with E-state index in [1.807, 2.05) is 18.2 Å². The zero-order valence-electron chi connectivity index (χ0n) is 13.4. The van der Waals surface area contributed by atoms with Crippen molar-refractivity contribution in [2.45, 2.75) is 12.8 Å². The van der Waals surface area contributed by atoms with Gasteiger partial charge in [-0.3, -0.25) is 10.1 Å². The number of carbonyl (C=O) groups is 1. The van der Waals surface area contributed by atoms with Gasteiger partial charge < -0.3 is 9.64 Å². The van der Waals surface area contributed by atoms with E-state index in [0.717, 1.165) is 41.3 Å². The molecule has 25 heavy (non-hydrogen) atoms. The van der Waals surface area contributed by atoms with Crippen LogP contribution in [0, 0.1) is 0 Å². The Morgan fingerprint density at radius 1 is 1.28 bits per heavy atom. The zero-order chi connectivity index (χ0) is 17.4. The Labute approximate surface area is 157 Å². The molecule has 1 saturated heterocycles. The average Bonchev–Trinajstić information content (AvgIpc) is 3.32. The molecule has 2 aromatic heterocycles. The summed E-state index contributed by atoms with van der Waals surface area (Å²) in [6.45, 7) is 1.92. The third-order valence-electron chi connectivity index (χ3n) is 3.98. The molecule has 3 aromatic rings. The fourth-order valence-corrected chi connectivity index (χ4v) is 4.88. The van der Waals surface area contributed by atoms with Gasteiger partial charge in [0.25, 0.3) is 5.91 Å². The molecule has 1 aliphatic heterocycles. The van der Waals surface area contributed by atoms with Gasteiger partial charge in [0, 0.05) is 13.1 Å². The van der Waals surface area contributed by atoms with E-state index < -0.39 is 0 Å². The summed E-state index contributed by atoms with van der Waals surface area (Å²) in [5.74, 6) is 0.396. The van der Waals surface area contributed by atoms with Crippen molar-refractivity contribution in [3.05, 3.63) is 28.2 Å². The van der Waals surface area contributed by atoms with Crippen LogP contribution in [-0.2, 0) is 0 Å². The third-order valence-corrected chi connectivity index (χ3v) is 6.42. The molecule has 1 amide bonds. The number of para-hydroxylation sites is 1. The van der Waals surface area contributed by atoms with Crippen LogP contribution >= 0.6 is 34.3 Å². The number of rotatable bonds is 4. The van der Waals surface area contributed by atoms with Gasteiger partial charge in [-0.1, -0.05) is 40.3 Å². The van der Waals surface area contributed by atoms with Crippen LogP contribution in [0.15, 0.2) is 18.2 Å². The molecule has 1 N–H and O–H groups in total. The smallest absolute Gasteiger partial charge is 0.270 e. The van der Waals surface area contributed by atoms with Crippen LogP contribution in [0.3, 0.4) is 0 Å². The molecule has 9 heteroatoms. The first kappa shape index (κ1) is 16.6. The van der Waals surface area contributed by atoms with Gasteiger partial charge in [0.1, 0.15) is 16.1 Å². The van der Waals surface area contributed by atoms with E-state index in [2.05, 4.69) is 20.2 Å². The second-order valence-corrected chi connectivity index (χ2v) is 7.96. The fraction of sp³-hybridized carbons (Fsp3) is 0.312. The minimum absolute atomic E-state index is 0.239. The molecular weight excluding hydrogens is 380 g/mol. The molecule has 1 aromatic carbocycles. The minimum atomic E-state index is -0.286. The van der Waals surface area contributed by atoms with Crippen molar-refractivity contribution in [3.63, 3.8) is 0 Å². The average molecular weight is 395 g/mol. The number of anilines is 2. The summed E-state index contributed by atoms with van der Waals surface area (Å²) < 4.78 is 6.25. The Morgan fingerprint density at radius 3 is 2.84 bits per heavy atom. The SMILES string of the molecule is COc1cccc2sc(NC(=O)c3sc(N4CCCC4)nc3Cl)nc12. The fourth-order valence-electron chi connectivity index (χ4n) is 2.77. The van der Waals surface area contributed by atoms with E-state index in [1.54, 1.807) is 7.11 Å². The molecule has 3 heterocycles. The Hall–Kier alpha value is -1.90. The van der Waals surface area contributed by atoms with Crippen LogP contribution in [0.2, 0.25) is 5.15 Å². The standard InChI is InChI=1S/C16H15ClN4O2S2/c1-23-9-5-4-6-10-11(9)18-15(24-10)20-14(22)12-13(17)19-16(25-12)21-7-2-3-8-21/h4-6H,2-3,7-8H2,1H3,(H,18,20,22). The monoisotopic (exact) mass is 394 g/mol. The zero-order valence-corrected chi connectivity index (χ0v) is 15.8. The second kappa shape index (κ2) is 6.78. The van der Waals surface area contributed by atoms with Crippen molar-refractivity contribution in [1.29, 1.82) is 0 Å². The summed E-state index contributed by atoms with van der Waals surface area (Å²) in [4.78, 5) is 24.0. The normalized spacial score (nSPS) is 14.2. The molecule has 0 saturated carbocycles. The number of hydrogen-bond acceptors (Lipinski definition) is 7. The van der Waals surface area contributed by atoms with E-state index in [9.17, 15) is 4.79 Å². The van der Waals surface area contributed by atoms with Gasteiger partial charge in [-0.15, -0.1) is 0 Å². The number of carbonyl (C=O) groups excluding carboxylic acids is 1. The molecule has 0 atom stereocenters. The number of amides is 1. The summed E-state index contributed by atoms with van der Waals surface area (Å²) in [6.07, 6.45) is 2.29. The number of fused-ring (bicyclic) bond motifs is 1. The first-order valence-electron chi connectivity index (χ1n) is 7.82. The lowest BCUT2D eigenvalue weighted by Crippen LogP contribution is -2.16. The lowest BCUT2D eigenvalue weighted by Gasteiger charge is -2.11. The Kier molecular flexibility index (Phi) is 4.49. The lowest BCUT2D eigenvalue weighted by atomic mass is 10.3. The highest BCUT2D eigenvalue weighted by molar-refractivity contribution is 7.22. The molecule has 4 rings (SSSR count). The Balaban J connectivity index is 1.58. The van der Waals surface area contributed by atoms with E-state index >= 15 is 0 Å². The molecule has 0 bridgehead atoms. The highest BCUT2D eigenvalue weighted by Crippen LogP contribution is 2.34. The molecule has 130 valence electrons. The minimum Gasteiger partial charge on any atom is -0.494 e. The molecular formula is C16H15ClN4O2S2. The third kappa shape index (κ3) is 3.17. The number of halogens is 1. The van der Waals surface area contributed by atoms with Crippen molar-refractivity contribution >= 4 is 60.7 Å². The van der Waals surface area contributed by atoms with Gasteiger partial charge in [-0.05, 0) is 25.0 Å². The van der Waals surface area contributed by atoms with Crippen LogP contribution < -0.4 is 15.0 Å². The molecule has 0 spiro atoms. The first-order chi connectivity index (χ1) is 12.2. The van der Waals surface area contributed by atoms with Gasteiger partial charge in [0.2, 0.25) is 0 Å². The number of ether oxygens (including phenoxy) is 1. The highest BCUT2D eigenvalue weighted by atomic mass is 35.5. The van der Waals surface area contributed by atoms with Crippen LogP contribution in [0.1, 0.15) is 22.5 Å². The summed E-state index contributed by atoms with van der Waals surface area (Å²) in [5, 5.41) is 4.38. The van der Waals surface area contributed by atoms with Gasteiger partial charge in [-0.2, -0.15) is 0 Å². The molecule has 0 unspecified atom stereocenters. The van der Waals surface area contributed by atoms with Gasteiger partial charge >= 0.3 is 0 Å². The predicted molar refractivity (Wildman–Crippen MR) is 103 cm³/mol. The van der Waals surface area contributed by atoms with Crippen molar-refractivity contribution < 1.29 is 9.53 Å². The van der Waals surface area contributed by atoms with Crippen molar-refractivity contribution in [2.24, 2.45) is 0 Å². The predicted octanol–water partition coefficient (Wildman–Crippen LogP) is 4.27. The highest BCUT2D eigenvalue weighted by Gasteiger charge is 2.23. The molecule has 0 aliphatic carbocycles. The number of hydrogen-bond donors (Lipinski definition) is 1. The largest absolute Gasteiger partial charge is 0.494 e. The van der Waals surface area contributed by atoms with Gasteiger partial charge in [0.05, 0.1) is 11.8 Å². The first-order valence-corrected chi connectivity index (χ1v) is 9.83. The summed E-state index contributed by atoms with van der Waals surface area (Å²) in [7, 11) is 1.60. The van der Waals surface area contributed by atoms with Gasteiger partial charge in [-0.25, -0.2) is 9.97 Å². The number of methoxy groups -OCH3 is 1. The van der Waals surface area contributed by atoms with Gasteiger partial charge in [0.15, 0.2) is 15.4 Å². The van der Waals surface area contributed by atoms with E-state index in [0.29, 0.717) is 15.8 Å². The van der Waals surface area contributed by atoms with E-state index in [4.69, 9.17) is 16.3 Å². The van der Waals surface area contributed by atoms with E-state index in [1.165, 1.54) is 22.7 Å². The molecule has 1 aliphatic rings. The van der Waals surface area contributed by atoms with Crippen LogP contribution in [0.4, 0.5) is 10.3 Å². The maximum atomic E-state index is 12.6. The lowest BCUT2D eigenvalue weighted by molar-refractivity contribution is 0.103. The number of thiazole rings is 2. The summed E-state index contributed by atoms with van der Waals surface area (Å²) >= 11 is 8.90. The Morgan fingerprint density at radius 2 is 2.08 bits per heavy atom. The van der Waals surface area contributed by atoms with Crippen LogP contribution in [-0.4, -0.2) is 36.1 Å². The number of nitrogens with zero attached hydrogens (tertiary/aromatic N) is 3. The molecule has 1 fully saturated rings. The topological polar surface area (TPSA) is 67.3 Å². The van der Waals surface area contributed by atoms with Crippen LogP contribution in [0.5, 0.6) is 5.75 Å². The summed E-state index contributed by atoms with van der Waals surface area (Å²) in [6, 6.07) is 5.68. The van der Waals surface area contributed by atoms with Crippen LogP contribution in [0.25, 0.3) is 10.2 Å². The summed E-state index contributed by atoms with van der Waals surface area (Å²) in [5.41, 5.74) is 0.735.